The fourth-order valence-electron chi connectivity index (χ4n) is 1.62. The number of aryl methyl sites for hydroxylation is 3. The van der Waals surface area contributed by atoms with E-state index >= 15 is 0 Å². The molecule has 88 valence electrons. The first kappa shape index (κ1) is 12.6. The molecule has 0 saturated carbocycles. The van der Waals surface area contributed by atoms with Crippen LogP contribution >= 0.6 is 0 Å². The summed E-state index contributed by atoms with van der Waals surface area (Å²) in [5, 5.41) is 11.5. The standard InChI is InChI=1S/C12H19N3O/c1-4-5-6-7-11-9(2)15-12(8-13-16)10(3)14-11/h8,16H,4-7H2,1-3H3/b13-8+. The van der Waals surface area contributed by atoms with Crippen LogP contribution in [0.4, 0.5) is 0 Å². The normalized spacial score (nSPS) is 11.2. The summed E-state index contributed by atoms with van der Waals surface area (Å²) in [5.41, 5.74) is 3.44. The maximum atomic E-state index is 8.48. The monoisotopic (exact) mass is 221 g/mol. The van der Waals surface area contributed by atoms with E-state index in [1.165, 1.54) is 19.1 Å². The Balaban J connectivity index is 2.83. The summed E-state index contributed by atoms with van der Waals surface area (Å²) in [7, 11) is 0. The molecule has 1 aromatic rings. The molecule has 1 heterocycles. The molecule has 0 bridgehead atoms. The van der Waals surface area contributed by atoms with Crippen LogP contribution in [0.3, 0.4) is 0 Å². The largest absolute Gasteiger partial charge is 0.411 e. The molecule has 1 aromatic heterocycles. The highest BCUT2D eigenvalue weighted by atomic mass is 16.4. The maximum absolute atomic E-state index is 8.48. The molecule has 0 spiro atoms. The van der Waals surface area contributed by atoms with Crippen molar-refractivity contribution in [3.8, 4) is 0 Å². The molecule has 4 nitrogen and oxygen atoms in total. The molecule has 0 amide bonds. The van der Waals surface area contributed by atoms with Crippen LogP contribution in [0.5, 0.6) is 0 Å². The third kappa shape index (κ3) is 3.29. The molecule has 0 aliphatic heterocycles. The molecule has 0 aromatic carbocycles. The van der Waals surface area contributed by atoms with Crippen LogP contribution in [0.25, 0.3) is 0 Å². The Bertz CT molecular complexity index is 375. The van der Waals surface area contributed by atoms with Gasteiger partial charge >= 0.3 is 0 Å². The SMILES string of the molecule is CCCCCc1nc(C)c(/C=N/O)nc1C. The number of aromatic nitrogens is 2. The number of oxime groups is 1. The Morgan fingerprint density at radius 2 is 1.94 bits per heavy atom. The van der Waals surface area contributed by atoms with Gasteiger partial charge in [-0.05, 0) is 26.7 Å². The predicted molar refractivity (Wildman–Crippen MR) is 64.1 cm³/mol. The Hall–Kier alpha value is -1.45. The van der Waals surface area contributed by atoms with E-state index in [4.69, 9.17) is 5.21 Å². The molecular weight excluding hydrogens is 202 g/mol. The molecule has 1 rings (SSSR count). The molecule has 0 atom stereocenters. The van der Waals surface area contributed by atoms with E-state index < -0.39 is 0 Å². The number of nitrogens with zero attached hydrogens (tertiary/aromatic N) is 3. The second-order valence-electron chi connectivity index (χ2n) is 3.93. The lowest BCUT2D eigenvalue weighted by molar-refractivity contribution is 0.321. The molecule has 0 saturated heterocycles. The van der Waals surface area contributed by atoms with Crippen LogP contribution in [0.1, 0.15) is 49.0 Å². The quantitative estimate of drug-likeness (QED) is 0.360. The lowest BCUT2D eigenvalue weighted by Crippen LogP contribution is -2.05. The van der Waals surface area contributed by atoms with E-state index in [9.17, 15) is 0 Å². The van der Waals surface area contributed by atoms with E-state index in [2.05, 4.69) is 22.0 Å². The van der Waals surface area contributed by atoms with Crippen LogP contribution in [0.15, 0.2) is 5.16 Å². The fraction of sp³-hybridized carbons (Fsp3) is 0.583. The number of hydrogen-bond acceptors (Lipinski definition) is 4. The lowest BCUT2D eigenvalue weighted by Gasteiger charge is -2.07. The molecular formula is C12H19N3O. The zero-order valence-electron chi connectivity index (χ0n) is 10.2. The first-order valence-corrected chi connectivity index (χ1v) is 5.70. The lowest BCUT2D eigenvalue weighted by atomic mass is 10.1. The Morgan fingerprint density at radius 3 is 2.56 bits per heavy atom. The van der Waals surface area contributed by atoms with Crippen LogP contribution in [-0.2, 0) is 6.42 Å². The average molecular weight is 221 g/mol. The van der Waals surface area contributed by atoms with Crippen molar-refractivity contribution < 1.29 is 5.21 Å². The van der Waals surface area contributed by atoms with Gasteiger partial charge in [0.2, 0.25) is 0 Å². The van der Waals surface area contributed by atoms with Gasteiger partial charge in [-0.2, -0.15) is 0 Å². The van der Waals surface area contributed by atoms with Crippen molar-refractivity contribution in [1.82, 2.24) is 9.97 Å². The van der Waals surface area contributed by atoms with Crippen molar-refractivity contribution in [3.05, 3.63) is 22.8 Å². The van der Waals surface area contributed by atoms with Crippen molar-refractivity contribution in [1.29, 1.82) is 0 Å². The van der Waals surface area contributed by atoms with Crippen molar-refractivity contribution in [2.45, 2.75) is 46.5 Å². The van der Waals surface area contributed by atoms with Gasteiger partial charge in [0.05, 0.1) is 23.3 Å². The molecule has 0 unspecified atom stereocenters. The molecule has 16 heavy (non-hydrogen) atoms. The van der Waals surface area contributed by atoms with Crippen molar-refractivity contribution in [2.75, 3.05) is 0 Å². The van der Waals surface area contributed by atoms with Crippen molar-refractivity contribution >= 4 is 6.21 Å². The van der Waals surface area contributed by atoms with Gasteiger partial charge in [0.1, 0.15) is 5.69 Å². The summed E-state index contributed by atoms with van der Waals surface area (Å²) < 4.78 is 0. The van der Waals surface area contributed by atoms with Gasteiger partial charge in [-0.25, -0.2) is 4.98 Å². The predicted octanol–water partition coefficient (Wildman–Crippen LogP) is 2.63. The summed E-state index contributed by atoms with van der Waals surface area (Å²) in [6.07, 6.45) is 5.88. The summed E-state index contributed by atoms with van der Waals surface area (Å²) in [5.74, 6) is 0. The Morgan fingerprint density at radius 1 is 1.19 bits per heavy atom. The minimum absolute atomic E-state index is 0.638. The third-order valence-electron chi connectivity index (χ3n) is 2.58. The number of unbranched alkanes of at least 4 members (excludes halogenated alkanes) is 2. The van der Waals surface area contributed by atoms with Gasteiger partial charge in [0.15, 0.2) is 0 Å². The van der Waals surface area contributed by atoms with Crippen LogP contribution in [0, 0.1) is 13.8 Å². The third-order valence-corrected chi connectivity index (χ3v) is 2.58. The topological polar surface area (TPSA) is 58.4 Å². The van der Waals surface area contributed by atoms with E-state index in [1.807, 2.05) is 13.8 Å². The minimum Gasteiger partial charge on any atom is -0.411 e. The Labute approximate surface area is 96.4 Å². The molecule has 0 aliphatic carbocycles. The molecule has 0 fully saturated rings. The van der Waals surface area contributed by atoms with Crippen LogP contribution in [0.2, 0.25) is 0 Å². The van der Waals surface area contributed by atoms with Gasteiger partial charge in [0.25, 0.3) is 0 Å². The zero-order valence-corrected chi connectivity index (χ0v) is 10.2. The molecule has 4 heteroatoms. The van der Waals surface area contributed by atoms with Crippen molar-refractivity contribution in [2.24, 2.45) is 5.16 Å². The van der Waals surface area contributed by atoms with E-state index in [-0.39, 0.29) is 0 Å². The highest BCUT2D eigenvalue weighted by Crippen LogP contribution is 2.10. The zero-order chi connectivity index (χ0) is 12.0. The fourth-order valence-corrected chi connectivity index (χ4v) is 1.62. The first-order valence-electron chi connectivity index (χ1n) is 5.70. The highest BCUT2D eigenvalue weighted by molar-refractivity contribution is 5.77. The van der Waals surface area contributed by atoms with Gasteiger partial charge in [-0.15, -0.1) is 0 Å². The van der Waals surface area contributed by atoms with Gasteiger partial charge in [-0.3, -0.25) is 4.98 Å². The number of rotatable bonds is 5. The van der Waals surface area contributed by atoms with E-state index in [0.29, 0.717) is 5.69 Å². The van der Waals surface area contributed by atoms with Gasteiger partial charge in [-0.1, -0.05) is 24.9 Å². The van der Waals surface area contributed by atoms with E-state index in [0.717, 1.165) is 29.9 Å². The maximum Gasteiger partial charge on any atom is 0.106 e. The summed E-state index contributed by atoms with van der Waals surface area (Å²) in [4.78, 5) is 8.87. The van der Waals surface area contributed by atoms with Gasteiger partial charge in [0, 0.05) is 0 Å². The minimum atomic E-state index is 0.638. The average Bonchev–Trinajstić information content (AvgIpc) is 2.25. The smallest absolute Gasteiger partial charge is 0.106 e. The van der Waals surface area contributed by atoms with Gasteiger partial charge < -0.3 is 5.21 Å². The van der Waals surface area contributed by atoms with Crippen LogP contribution < -0.4 is 0 Å². The molecule has 0 radical (unpaired) electrons. The second kappa shape index (κ2) is 6.20. The molecule has 0 aliphatic rings. The summed E-state index contributed by atoms with van der Waals surface area (Å²) in [6.45, 7) is 6.01. The molecule has 1 N–H and O–H groups in total. The Kier molecular flexibility index (Phi) is 4.89. The number of hydrogen-bond donors (Lipinski definition) is 1. The van der Waals surface area contributed by atoms with E-state index in [1.54, 1.807) is 0 Å². The highest BCUT2D eigenvalue weighted by Gasteiger charge is 2.06. The van der Waals surface area contributed by atoms with Crippen LogP contribution in [-0.4, -0.2) is 21.4 Å². The first-order chi connectivity index (χ1) is 7.69. The summed E-state index contributed by atoms with van der Waals surface area (Å²) >= 11 is 0. The second-order valence-corrected chi connectivity index (χ2v) is 3.93. The summed E-state index contributed by atoms with van der Waals surface area (Å²) in [6, 6.07) is 0. The van der Waals surface area contributed by atoms with Crippen molar-refractivity contribution in [3.63, 3.8) is 0 Å².